The van der Waals surface area contributed by atoms with Crippen molar-refractivity contribution in [3.05, 3.63) is 18.5 Å². The van der Waals surface area contributed by atoms with Gasteiger partial charge in [-0.2, -0.15) is 0 Å². The summed E-state index contributed by atoms with van der Waals surface area (Å²) in [5, 5.41) is 28.3. The Balaban J connectivity index is 0.000000280. The van der Waals surface area contributed by atoms with Crippen LogP contribution in [0.15, 0.2) is 18.5 Å². The number of carboxylic acid groups (broad SMARTS) is 2. The van der Waals surface area contributed by atoms with E-state index in [4.69, 9.17) is 10.2 Å². The second-order valence-electron chi connectivity index (χ2n) is 2.20. The molecular weight excluding hydrogens is 204 g/mol. The smallest absolute Gasteiger partial charge is 0.317 e. The predicted octanol–water partition coefficient (Wildman–Crippen LogP) is -1.38. The zero-order valence-electron chi connectivity index (χ0n) is 7.70. The Labute approximate surface area is 85.0 Å². The molecule has 0 atom stereocenters. The summed E-state index contributed by atoms with van der Waals surface area (Å²) in [7, 11) is 0. The Morgan fingerprint density at radius 1 is 1.07 bits per heavy atom. The van der Waals surface area contributed by atoms with Crippen LogP contribution in [0.1, 0.15) is 0 Å². The van der Waals surface area contributed by atoms with Crippen molar-refractivity contribution in [1.82, 2.24) is 20.7 Å². The van der Waals surface area contributed by atoms with E-state index in [2.05, 4.69) is 20.7 Å². The van der Waals surface area contributed by atoms with E-state index < -0.39 is 11.9 Å². The molecule has 0 radical (unpaired) electrons. The van der Waals surface area contributed by atoms with Gasteiger partial charge in [0.15, 0.2) is 0 Å². The van der Waals surface area contributed by atoms with Crippen LogP contribution in [0.3, 0.4) is 0 Å². The lowest BCUT2D eigenvalue weighted by Gasteiger charge is -1.93. The van der Waals surface area contributed by atoms with Crippen LogP contribution >= 0.6 is 0 Å². The molecule has 0 unspecified atom stereocenters. The second kappa shape index (κ2) is 8.51. The number of nitrogens with zero attached hydrogens (tertiary/aromatic N) is 3. The lowest BCUT2D eigenvalue weighted by atomic mass is 10.6. The van der Waals surface area contributed by atoms with Crippen LogP contribution in [-0.2, 0) is 9.59 Å². The molecule has 0 aliphatic rings. The van der Waals surface area contributed by atoms with Crippen molar-refractivity contribution >= 4 is 11.9 Å². The molecule has 8 heteroatoms. The van der Waals surface area contributed by atoms with Crippen LogP contribution in [-0.4, -0.2) is 50.7 Å². The number of carboxylic acids is 2. The van der Waals surface area contributed by atoms with Crippen molar-refractivity contribution in [2.45, 2.75) is 0 Å². The summed E-state index contributed by atoms with van der Waals surface area (Å²) >= 11 is 0. The first-order valence-electron chi connectivity index (χ1n) is 3.85. The molecule has 0 saturated carbocycles. The number of hydrogen-bond donors (Lipinski definition) is 3. The Morgan fingerprint density at radius 3 is 1.73 bits per heavy atom. The quantitative estimate of drug-likeness (QED) is 0.559. The third kappa shape index (κ3) is 11.9. The van der Waals surface area contributed by atoms with Gasteiger partial charge in [0.25, 0.3) is 0 Å². The molecule has 3 N–H and O–H groups in total. The molecular formula is C7H10N4O4. The number of aromatic nitrogens is 3. The van der Waals surface area contributed by atoms with E-state index in [1.54, 1.807) is 18.5 Å². The van der Waals surface area contributed by atoms with Crippen LogP contribution in [0.4, 0.5) is 0 Å². The number of carbonyl (C=O) groups is 2. The summed E-state index contributed by atoms with van der Waals surface area (Å²) < 4.78 is 0. The number of aliphatic carboxylic acids is 2. The summed E-state index contributed by atoms with van der Waals surface area (Å²) in [6.07, 6.45) is 3.15. The molecule has 0 aromatic carbocycles. The van der Waals surface area contributed by atoms with Crippen LogP contribution in [0.5, 0.6) is 0 Å². The Bertz CT molecular complexity index is 252. The lowest BCUT2D eigenvalue weighted by molar-refractivity contribution is -0.137. The Kier molecular flexibility index (Phi) is 7.32. The van der Waals surface area contributed by atoms with E-state index in [9.17, 15) is 9.59 Å². The molecule has 0 saturated heterocycles. The van der Waals surface area contributed by atoms with Gasteiger partial charge in [0.1, 0.15) is 0 Å². The van der Waals surface area contributed by atoms with Crippen molar-refractivity contribution in [2.24, 2.45) is 0 Å². The monoisotopic (exact) mass is 214 g/mol. The standard InChI is InChI=1S/C4H7NO4.C3H3N3/c6-3(7)1-5-2-4(8)9;1-2-4-6-5-3-1/h5H,1-2H2,(H,6,7)(H,8,9);1-3H. The minimum absolute atomic E-state index is 0.313. The van der Waals surface area contributed by atoms with E-state index in [0.717, 1.165) is 0 Å². The Morgan fingerprint density at radius 2 is 1.53 bits per heavy atom. The topological polar surface area (TPSA) is 125 Å². The van der Waals surface area contributed by atoms with Gasteiger partial charge in [-0.25, -0.2) is 0 Å². The van der Waals surface area contributed by atoms with Crippen LogP contribution in [0.25, 0.3) is 0 Å². The highest BCUT2D eigenvalue weighted by atomic mass is 16.4. The highest BCUT2D eigenvalue weighted by molar-refractivity contribution is 5.72. The Hall–Kier alpha value is -2.09. The van der Waals surface area contributed by atoms with E-state index in [-0.39, 0.29) is 13.1 Å². The molecule has 0 aliphatic carbocycles. The molecule has 8 nitrogen and oxygen atoms in total. The maximum absolute atomic E-state index is 9.73. The molecule has 0 amide bonds. The van der Waals surface area contributed by atoms with Gasteiger partial charge >= 0.3 is 11.9 Å². The van der Waals surface area contributed by atoms with Gasteiger partial charge in [0.05, 0.1) is 25.5 Å². The summed E-state index contributed by atoms with van der Waals surface area (Å²) in [6.45, 7) is -0.626. The zero-order chi connectivity index (χ0) is 11.5. The first kappa shape index (κ1) is 12.9. The maximum Gasteiger partial charge on any atom is 0.317 e. The largest absolute Gasteiger partial charge is 0.480 e. The maximum atomic E-state index is 9.73. The summed E-state index contributed by atoms with van der Waals surface area (Å²) in [5.74, 6) is -2.12. The minimum Gasteiger partial charge on any atom is -0.480 e. The highest BCUT2D eigenvalue weighted by Gasteiger charge is 1.97. The van der Waals surface area contributed by atoms with Crippen molar-refractivity contribution < 1.29 is 19.8 Å². The van der Waals surface area contributed by atoms with Gasteiger partial charge in [0, 0.05) is 0 Å². The van der Waals surface area contributed by atoms with E-state index in [1.165, 1.54) is 0 Å². The van der Waals surface area contributed by atoms with Crippen LogP contribution < -0.4 is 5.32 Å². The molecule has 1 aromatic rings. The fourth-order valence-corrected chi connectivity index (χ4v) is 0.481. The first-order chi connectivity index (χ1) is 7.13. The molecule has 1 heterocycles. The van der Waals surface area contributed by atoms with E-state index in [1.807, 2.05) is 0 Å². The summed E-state index contributed by atoms with van der Waals surface area (Å²) in [5.41, 5.74) is 0. The van der Waals surface area contributed by atoms with Crippen molar-refractivity contribution in [3.8, 4) is 0 Å². The average Bonchev–Trinajstić information content (AvgIpc) is 2.20. The van der Waals surface area contributed by atoms with Gasteiger partial charge in [-0.3, -0.25) is 14.9 Å². The number of nitrogens with one attached hydrogen (secondary N) is 1. The molecule has 82 valence electrons. The van der Waals surface area contributed by atoms with Gasteiger partial charge in [0.2, 0.25) is 0 Å². The van der Waals surface area contributed by atoms with Crippen molar-refractivity contribution in [3.63, 3.8) is 0 Å². The molecule has 0 fully saturated rings. The zero-order valence-corrected chi connectivity index (χ0v) is 7.70. The molecule has 0 spiro atoms. The van der Waals surface area contributed by atoms with Crippen molar-refractivity contribution in [1.29, 1.82) is 0 Å². The summed E-state index contributed by atoms with van der Waals surface area (Å²) in [6, 6.07) is 1.72. The van der Waals surface area contributed by atoms with Gasteiger partial charge in [-0.05, 0) is 11.3 Å². The summed E-state index contributed by atoms with van der Waals surface area (Å²) in [4.78, 5) is 19.5. The number of hydrogen-bond acceptors (Lipinski definition) is 6. The van der Waals surface area contributed by atoms with E-state index in [0.29, 0.717) is 0 Å². The van der Waals surface area contributed by atoms with E-state index >= 15 is 0 Å². The number of rotatable bonds is 4. The fourth-order valence-electron chi connectivity index (χ4n) is 0.481. The third-order valence-electron chi connectivity index (χ3n) is 0.961. The SMILES string of the molecule is O=C(O)CNCC(=O)O.c1cnnnc1. The average molecular weight is 214 g/mol. The fraction of sp³-hybridized carbons (Fsp3) is 0.286. The molecule has 0 aliphatic heterocycles. The molecule has 0 bridgehead atoms. The second-order valence-corrected chi connectivity index (χ2v) is 2.20. The van der Waals surface area contributed by atoms with Crippen molar-refractivity contribution in [2.75, 3.05) is 13.1 Å². The highest BCUT2D eigenvalue weighted by Crippen LogP contribution is 1.62. The third-order valence-corrected chi connectivity index (χ3v) is 0.961. The van der Waals surface area contributed by atoms with Crippen LogP contribution in [0, 0.1) is 0 Å². The normalized spacial score (nSPS) is 8.53. The molecule has 1 aromatic heterocycles. The predicted molar refractivity (Wildman–Crippen MR) is 48.0 cm³/mol. The van der Waals surface area contributed by atoms with Gasteiger partial charge in [-0.15, -0.1) is 10.2 Å². The lowest BCUT2D eigenvalue weighted by Crippen LogP contribution is -2.27. The first-order valence-corrected chi connectivity index (χ1v) is 3.85. The van der Waals surface area contributed by atoms with Gasteiger partial charge in [-0.1, -0.05) is 0 Å². The molecule has 15 heavy (non-hydrogen) atoms. The molecule has 1 rings (SSSR count). The van der Waals surface area contributed by atoms with Gasteiger partial charge < -0.3 is 10.2 Å². The minimum atomic E-state index is -1.06. The van der Waals surface area contributed by atoms with Crippen LogP contribution in [0.2, 0.25) is 0 Å².